The van der Waals surface area contributed by atoms with Gasteiger partial charge in [-0.2, -0.15) is 0 Å². The highest BCUT2D eigenvalue weighted by molar-refractivity contribution is 9.10. The average molecular weight is 340 g/mol. The summed E-state index contributed by atoms with van der Waals surface area (Å²) >= 11 is 9.10. The van der Waals surface area contributed by atoms with Gasteiger partial charge in [-0.3, -0.25) is 4.79 Å². The quantitative estimate of drug-likeness (QED) is 0.834. The van der Waals surface area contributed by atoms with E-state index in [4.69, 9.17) is 17.3 Å². The molecule has 3 N–H and O–H groups in total. The SMILES string of the molecule is Nc1cc(NC(=O)Cc2ccc(Cl)cc2)ccc1Br. The molecule has 2 aromatic rings. The standard InChI is InChI=1S/C14H12BrClN2O/c15-12-6-5-11(8-13(12)17)18-14(19)7-9-1-3-10(16)4-2-9/h1-6,8H,7,17H2,(H,18,19). The van der Waals surface area contributed by atoms with E-state index in [2.05, 4.69) is 21.2 Å². The normalized spacial score (nSPS) is 10.2. The Balaban J connectivity index is 2.01. The number of nitrogens with one attached hydrogen (secondary N) is 1. The molecule has 5 heteroatoms. The highest BCUT2D eigenvalue weighted by Crippen LogP contribution is 2.23. The van der Waals surface area contributed by atoms with E-state index in [1.54, 1.807) is 30.3 Å². The van der Waals surface area contributed by atoms with Crippen LogP contribution in [0.5, 0.6) is 0 Å². The van der Waals surface area contributed by atoms with Gasteiger partial charge in [-0.25, -0.2) is 0 Å². The number of nitrogens with two attached hydrogens (primary N) is 1. The molecular formula is C14H12BrClN2O. The van der Waals surface area contributed by atoms with Gasteiger partial charge < -0.3 is 11.1 Å². The van der Waals surface area contributed by atoms with E-state index >= 15 is 0 Å². The van der Waals surface area contributed by atoms with E-state index in [-0.39, 0.29) is 5.91 Å². The zero-order valence-corrected chi connectivity index (χ0v) is 12.3. The highest BCUT2D eigenvalue weighted by atomic mass is 79.9. The lowest BCUT2D eigenvalue weighted by Gasteiger charge is -2.07. The smallest absolute Gasteiger partial charge is 0.228 e. The summed E-state index contributed by atoms with van der Waals surface area (Å²) < 4.78 is 0.809. The first-order chi connectivity index (χ1) is 9.04. The molecule has 0 saturated heterocycles. The first-order valence-corrected chi connectivity index (χ1v) is 6.81. The van der Waals surface area contributed by atoms with Crippen molar-refractivity contribution in [1.29, 1.82) is 0 Å². The molecule has 0 heterocycles. The Hall–Kier alpha value is -1.52. The molecule has 0 saturated carbocycles. The van der Waals surface area contributed by atoms with Crippen LogP contribution in [0.2, 0.25) is 5.02 Å². The summed E-state index contributed by atoms with van der Waals surface area (Å²) in [6, 6.07) is 12.5. The van der Waals surface area contributed by atoms with Crippen LogP contribution < -0.4 is 11.1 Å². The predicted octanol–water partition coefficient (Wildman–Crippen LogP) is 3.87. The number of amides is 1. The number of anilines is 2. The molecule has 2 aromatic carbocycles. The Morgan fingerprint density at radius 2 is 1.89 bits per heavy atom. The maximum absolute atomic E-state index is 11.9. The van der Waals surface area contributed by atoms with Crippen molar-refractivity contribution in [1.82, 2.24) is 0 Å². The van der Waals surface area contributed by atoms with Crippen molar-refractivity contribution in [3.63, 3.8) is 0 Å². The summed E-state index contributed by atoms with van der Waals surface area (Å²) in [4.78, 5) is 11.9. The van der Waals surface area contributed by atoms with Gasteiger partial charge in [0.2, 0.25) is 5.91 Å². The molecule has 0 aliphatic rings. The maximum Gasteiger partial charge on any atom is 0.228 e. The Bertz CT molecular complexity index is 599. The topological polar surface area (TPSA) is 55.1 Å². The van der Waals surface area contributed by atoms with Crippen molar-refractivity contribution in [2.75, 3.05) is 11.1 Å². The minimum absolute atomic E-state index is 0.0935. The van der Waals surface area contributed by atoms with Gasteiger partial charge in [0, 0.05) is 20.9 Å². The van der Waals surface area contributed by atoms with Gasteiger partial charge in [0.15, 0.2) is 0 Å². The molecule has 1 amide bonds. The first-order valence-electron chi connectivity index (χ1n) is 5.64. The van der Waals surface area contributed by atoms with Crippen LogP contribution in [0, 0.1) is 0 Å². The Morgan fingerprint density at radius 1 is 1.21 bits per heavy atom. The molecule has 98 valence electrons. The van der Waals surface area contributed by atoms with Crippen LogP contribution in [0.15, 0.2) is 46.9 Å². The number of carbonyl (C=O) groups excluding carboxylic acids is 1. The molecule has 0 bridgehead atoms. The fourth-order valence-corrected chi connectivity index (χ4v) is 1.99. The molecule has 0 atom stereocenters. The van der Waals surface area contributed by atoms with E-state index in [0.29, 0.717) is 22.8 Å². The van der Waals surface area contributed by atoms with E-state index in [1.807, 2.05) is 12.1 Å². The molecule has 3 nitrogen and oxygen atoms in total. The minimum Gasteiger partial charge on any atom is -0.398 e. The second-order valence-electron chi connectivity index (χ2n) is 4.09. The maximum atomic E-state index is 11.9. The molecule has 0 radical (unpaired) electrons. The largest absolute Gasteiger partial charge is 0.398 e. The highest BCUT2D eigenvalue weighted by Gasteiger charge is 2.05. The molecule has 0 aliphatic carbocycles. The monoisotopic (exact) mass is 338 g/mol. The number of benzene rings is 2. The predicted molar refractivity (Wildman–Crippen MR) is 82.3 cm³/mol. The van der Waals surface area contributed by atoms with Crippen molar-refractivity contribution in [3.8, 4) is 0 Å². The fourth-order valence-electron chi connectivity index (χ4n) is 1.61. The Morgan fingerprint density at radius 3 is 2.53 bits per heavy atom. The van der Waals surface area contributed by atoms with Gasteiger partial charge in [-0.05, 0) is 51.8 Å². The fraction of sp³-hybridized carbons (Fsp3) is 0.0714. The first kappa shape index (κ1) is 13.9. The number of hydrogen-bond acceptors (Lipinski definition) is 2. The molecular weight excluding hydrogens is 328 g/mol. The van der Waals surface area contributed by atoms with Gasteiger partial charge in [0.05, 0.1) is 6.42 Å². The van der Waals surface area contributed by atoms with E-state index in [0.717, 1.165) is 10.0 Å². The average Bonchev–Trinajstić information content (AvgIpc) is 2.37. The summed E-state index contributed by atoms with van der Waals surface area (Å²) in [7, 11) is 0. The molecule has 0 aromatic heterocycles. The lowest BCUT2D eigenvalue weighted by atomic mass is 10.1. The Labute approximate surface area is 124 Å². The van der Waals surface area contributed by atoms with Gasteiger partial charge in [0.1, 0.15) is 0 Å². The van der Waals surface area contributed by atoms with Gasteiger partial charge >= 0.3 is 0 Å². The van der Waals surface area contributed by atoms with E-state index in [9.17, 15) is 4.79 Å². The molecule has 0 spiro atoms. The molecule has 0 unspecified atom stereocenters. The summed E-state index contributed by atoms with van der Waals surface area (Å²) in [6.07, 6.45) is 0.299. The van der Waals surface area contributed by atoms with Crippen LogP contribution >= 0.6 is 27.5 Å². The number of rotatable bonds is 3. The van der Waals surface area contributed by atoms with Crippen LogP contribution in [-0.2, 0) is 11.2 Å². The van der Waals surface area contributed by atoms with Gasteiger partial charge in [-0.15, -0.1) is 0 Å². The van der Waals surface area contributed by atoms with Crippen LogP contribution in [-0.4, -0.2) is 5.91 Å². The van der Waals surface area contributed by atoms with E-state index in [1.165, 1.54) is 0 Å². The Kier molecular flexibility index (Phi) is 4.45. The van der Waals surface area contributed by atoms with Crippen LogP contribution in [0.25, 0.3) is 0 Å². The lowest BCUT2D eigenvalue weighted by molar-refractivity contribution is -0.115. The minimum atomic E-state index is -0.0935. The second-order valence-corrected chi connectivity index (χ2v) is 5.38. The van der Waals surface area contributed by atoms with Crippen molar-refractivity contribution in [2.45, 2.75) is 6.42 Å². The number of hydrogen-bond donors (Lipinski definition) is 2. The van der Waals surface area contributed by atoms with Crippen LogP contribution in [0.1, 0.15) is 5.56 Å². The third-order valence-electron chi connectivity index (χ3n) is 2.56. The van der Waals surface area contributed by atoms with Crippen LogP contribution in [0.4, 0.5) is 11.4 Å². The third-order valence-corrected chi connectivity index (χ3v) is 3.53. The number of halogens is 2. The zero-order chi connectivity index (χ0) is 13.8. The second kappa shape index (κ2) is 6.08. The molecule has 0 aliphatic heterocycles. The van der Waals surface area contributed by atoms with Crippen molar-refractivity contribution >= 4 is 44.8 Å². The number of nitrogen functional groups attached to an aromatic ring is 1. The summed E-state index contributed by atoms with van der Waals surface area (Å²) in [5.41, 5.74) is 7.93. The van der Waals surface area contributed by atoms with Gasteiger partial charge in [0.25, 0.3) is 0 Å². The number of carbonyl (C=O) groups is 1. The molecule has 0 fully saturated rings. The van der Waals surface area contributed by atoms with E-state index < -0.39 is 0 Å². The lowest BCUT2D eigenvalue weighted by Crippen LogP contribution is -2.14. The third kappa shape index (κ3) is 3.98. The van der Waals surface area contributed by atoms with Gasteiger partial charge in [-0.1, -0.05) is 23.7 Å². The van der Waals surface area contributed by atoms with Crippen molar-refractivity contribution in [2.24, 2.45) is 0 Å². The van der Waals surface area contributed by atoms with Crippen LogP contribution in [0.3, 0.4) is 0 Å². The zero-order valence-electron chi connectivity index (χ0n) is 9.99. The summed E-state index contributed by atoms with van der Waals surface area (Å²) in [5.74, 6) is -0.0935. The van der Waals surface area contributed by atoms with Crippen molar-refractivity contribution in [3.05, 3.63) is 57.5 Å². The van der Waals surface area contributed by atoms with Crippen molar-refractivity contribution < 1.29 is 4.79 Å². The summed E-state index contributed by atoms with van der Waals surface area (Å²) in [5, 5.41) is 3.46. The molecule has 19 heavy (non-hydrogen) atoms. The molecule has 2 rings (SSSR count). The summed E-state index contributed by atoms with van der Waals surface area (Å²) in [6.45, 7) is 0.